The molecule has 0 bridgehead atoms. The lowest BCUT2D eigenvalue weighted by Gasteiger charge is -2.25. The molecule has 1 aliphatic rings. The average molecular weight is 331 g/mol. The Balaban J connectivity index is 1.81. The van der Waals surface area contributed by atoms with Crippen LogP contribution < -0.4 is 5.32 Å². The van der Waals surface area contributed by atoms with Gasteiger partial charge in [0.15, 0.2) is 0 Å². The Bertz CT molecular complexity index is 658. The molecule has 0 aromatic carbocycles. The van der Waals surface area contributed by atoms with E-state index in [4.69, 9.17) is 9.26 Å². The molecule has 1 aliphatic heterocycles. The van der Waals surface area contributed by atoms with Gasteiger partial charge in [-0.25, -0.2) is 4.98 Å². The number of methoxy groups -OCH3 is 1. The Labute approximate surface area is 142 Å². The second kappa shape index (κ2) is 7.72. The highest BCUT2D eigenvalue weighted by atomic mass is 16.5. The number of ether oxygens (including phenoxy) is 1. The smallest absolute Gasteiger partial charge is 0.244 e. The predicted molar refractivity (Wildman–Crippen MR) is 91.7 cm³/mol. The van der Waals surface area contributed by atoms with Crippen molar-refractivity contribution in [2.24, 2.45) is 0 Å². The minimum Gasteiger partial charge on any atom is -0.383 e. The third kappa shape index (κ3) is 3.57. The molecule has 7 nitrogen and oxygen atoms in total. The van der Waals surface area contributed by atoms with E-state index < -0.39 is 0 Å². The van der Waals surface area contributed by atoms with Crippen LogP contribution in [-0.2, 0) is 4.74 Å². The standard InChI is InChI=1S/C17H25N5O2/c1-12(2)22-10-5-7-14(22)17-20-16(21-24-17)13-6-4-8-18-15(13)19-9-11-23-3/h4,6,8,12,14H,5,7,9-11H2,1-3H3,(H,18,19). The Morgan fingerprint density at radius 3 is 3.12 bits per heavy atom. The summed E-state index contributed by atoms with van der Waals surface area (Å²) in [4.78, 5) is 11.4. The van der Waals surface area contributed by atoms with Crippen molar-refractivity contribution in [1.82, 2.24) is 20.0 Å². The van der Waals surface area contributed by atoms with E-state index >= 15 is 0 Å². The van der Waals surface area contributed by atoms with Gasteiger partial charge in [0.05, 0.1) is 18.2 Å². The van der Waals surface area contributed by atoms with Crippen molar-refractivity contribution in [3.05, 3.63) is 24.2 Å². The SMILES string of the molecule is COCCNc1ncccc1-c1noc(C2CCCN2C(C)C)n1. The summed E-state index contributed by atoms with van der Waals surface area (Å²) in [6.07, 6.45) is 3.97. The van der Waals surface area contributed by atoms with Gasteiger partial charge in [-0.2, -0.15) is 4.98 Å². The van der Waals surface area contributed by atoms with Crippen LogP contribution in [0.5, 0.6) is 0 Å². The molecule has 0 radical (unpaired) electrons. The summed E-state index contributed by atoms with van der Waals surface area (Å²) in [5.41, 5.74) is 0.845. The van der Waals surface area contributed by atoms with E-state index in [-0.39, 0.29) is 6.04 Å². The van der Waals surface area contributed by atoms with Gasteiger partial charge in [-0.3, -0.25) is 4.90 Å². The Kier molecular flexibility index (Phi) is 5.42. The van der Waals surface area contributed by atoms with Crippen LogP contribution in [0.15, 0.2) is 22.9 Å². The fourth-order valence-electron chi connectivity index (χ4n) is 3.15. The lowest BCUT2D eigenvalue weighted by atomic mass is 10.2. The highest BCUT2D eigenvalue weighted by molar-refractivity contribution is 5.69. The number of anilines is 1. The van der Waals surface area contributed by atoms with Crippen molar-refractivity contribution in [3.63, 3.8) is 0 Å². The summed E-state index contributed by atoms with van der Waals surface area (Å²) < 4.78 is 10.7. The highest BCUT2D eigenvalue weighted by Gasteiger charge is 2.32. The van der Waals surface area contributed by atoms with Crippen LogP contribution in [0, 0.1) is 0 Å². The summed E-state index contributed by atoms with van der Waals surface area (Å²) in [6, 6.07) is 4.51. The van der Waals surface area contributed by atoms with Gasteiger partial charge < -0.3 is 14.6 Å². The van der Waals surface area contributed by atoms with E-state index in [2.05, 4.69) is 39.2 Å². The molecule has 2 aromatic heterocycles. The molecule has 1 fully saturated rings. The van der Waals surface area contributed by atoms with Crippen LogP contribution in [0.1, 0.15) is 38.6 Å². The number of nitrogens with zero attached hydrogens (tertiary/aromatic N) is 4. The van der Waals surface area contributed by atoms with Gasteiger partial charge >= 0.3 is 0 Å². The third-order valence-corrected chi connectivity index (χ3v) is 4.33. The van der Waals surface area contributed by atoms with Crippen molar-refractivity contribution in [2.45, 2.75) is 38.8 Å². The van der Waals surface area contributed by atoms with Crippen LogP contribution in [0.25, 0.3) is 11.4 Å². The van der Waals surface area contributed by atoms with Gasteiger partial charge in [-0.05, 0) is 45.4 Å². The first-order valence-electron chi connectivity index (χ1n) is 8.48. The summed E-state index contributed by atoms with van der Waals surface area (Å²) in [5.74, 6) is 2.02. The third-order valence-electron chi connectivity index (χ3n) is 4.33. The lowest BCUT2D eigenvalue weighted by molar-refractivity contribution is 0.170. The molecule has 0 aliphatic carbocycles. The normalized spacial score (nSPS) is 18.4. The number of likely N-dealkylation sites (tertiary alicyclic amines) is 1. The first kappa shape index (κ1) is 16.9. The van der Waals surface area contributed by atoms with Crippen molar-refractivity contribution < 1.29 is 9.26 Å². The Morgan fingerprint density at radius 2 is 2.33 bits per heavy atom. The number of aromatic nitrogens is 3. The topological polar surface area (TPSA) is 76.3 Å². The van der Waals surface area contributed by atoms with Gasteiger partial charge in [-0.1, -0.05) is 5.16 Å². The highest BCUT2D eigenvalue weighted by Crippen LogP contribution is 2.34. The summed E-state index contributed by atoms with van der Waals surface area (Å²) in [5, 5.41) is 7.44. The van der Waals surface area contributed by atoms with Crippen LogP contribution in [0.2, 0.25) is 0 Å². The minimum atomic E-state index is 0.216. The number of hydrogen-bond acceptors (Lipinski definition) is 7. The maximum absolute atomic E-state index is 5.58. The van der Waals surface area contributed by atoms with Crippen LogP contribution in [-0.4, -0.2) is 52.9 Å². The van der Waals surface area contributed by atoms with E-state index in [0.717, 1.165) is 30.8 Å². The fourth-order valence-corrected chi connectivity index (χ4v) is 3.15. The van der Waals surface area contributed by atoms with Crippen molar-refractivity contribution in [1.29, 1.82) is 0 Å². The zero-order valence-electron chi connectivity index (χ0n) is 14.5. The average Bonchev–Trinajstić information content (AvgIpc) is 3.24. The molecule has 130 valence electrons. The number of hydrogen-bond donors (Lipinski definition) is 1. The number of rotatable bonds is 7. The molecule has 1 saturated heterocycles. The van der Waals surface area contributed by atoms with E-state index in [1.54, 1.807) is 13.3 Å². The predicted octanol–water partition coefficient (Wildman–Crippen LogP) is 2.74. The molecule has 1 unspecified atom stereocenters. The van der Waals surface area contributed by atoms with Gasteiger partial charge in [0.25, 0.3) is 0 Å². The molecular formula is C17H25N5O2. The summed E-state index contributed by atoms with van der Waals surface area (Å²) in [7, 11) is 1.68. The zero-order chi connectivity index (χ0) is 16.9. The molecule has 7 heteroatoms. The Morgan fingerprint density at radius 1 is 1.46 bits per heavy atom. The molecule has 1 N–H and O–H groups in total. The van der Waals surface area contributed by atoms with Crippen molar-refractivity contribution in [3.8, 4) is 11.4 Å². The van der Waals surface area contributed by atoms with E-state index in [1.807, 2.05) is 12.1 Å². The summed E-state index contributed by atoms with van der Waals surface area (Å²) in [6.45, 7) is 6.77. The minimum absolute atomic E-state index is 0.216. The first-order chi connectivity index (χ1) is 11.7. The van der Waals surface area contributed by atoms with Gasteiger partial charge in [0.1, 0.15) is 5.82 Å². The number of nitrogens with one attached hydrogen (secondary N) is 1. The van der Waals surface area contributed by atoms with Gasteiger partial charge in [0.2, 0.25) is 11.7 Å². The van der Waals surface area contributed by atoms with Crippen LogP contribution in [0.4, 0.5) is 5.82 Å². The molecule has 0 saturated carbocycles. The van der Waals surface area contributed by atoms with E-state index in [1.165, 1.54) is 0 Å². The zero-order valence-corrected chi connectivity index (χ0v) is 14.5. The molecule has 0 spiro atoms. The molecule has 3 heterocycles. The number of pyridine rings is 1. The second-order valence-electron chi connectivity index (χ2n) is 6.26. The molecule has 0 amide bonds. The molecule has 24 heavy (non-hydrogen) atoms. The van der Waals surface area contributed by atoms with E-state index in [0.29, 0.717) is 30.9 Å². The van der Waals surface area contributed by atoms with Gasteiger partial charge in [-0.15, -0.1) is 0 Å². The summed E-state index contributed by atoms with van der Waals surface area (Å²) >= 11 is 0. The molecule has 1 atom stereocenters. The van der Waals surface area contributed by atoms with Gasteiger partial charge in [0, 0.05) is 25.9 Å². The second-order valence-corrected chi connectivity index (χ2v) is 6.26. The molecular weight excluding hydrogens is 306 g/mol. The molecule has 3 rings (SSSR count). The van der Waals surface area contributed by atoms with Crippen LogP contribution in [0.3, 0.4) is 0 Å². The van der Waals surface area contributed by atoms with Crippen molar-refractivity contribution in [2.75, 3.05) is 32.1 Å². The maximum atomic E-state index is 5.58. The Hall–Kier alpha value is -1.99. The maximum Gasteiger partial charge on any atom is 0.244 e. The van der Waals surface area contributed by atoms with Crippen LogP contribution >= 0.6 is 0 Å². The van der Waals surface area contributed by atoms with Crippen molar-refractivity contribution >= 4 is 5.82 Å². The lowest BCUT2D eigenvalue weighted by Crippen LogP contribution is -2.30. The van der Waals surface area contributed by atoms with E-state index in [9.17, 15) is 0 Å². The first-order valence-corrected chi connectivity index (χ1v) is 8.48. The largest absolute Gasteiger partial charge is 0.383 e. The fraction of sp³-hybridized carbons (Fsp3) is 0.588. The monoisotopic (exact) mass is 331 g/mol. The quantitative estimate of drug-likeness (QED) is 0.782. The molecule has 2 aromatic rings.